The summed E-state index contributed by atoms with van der Waals surface area (Å²) in [6, 6.07) is 7.81. The molecule has 558 valence electrons. The third-order valence-electron chi connectivity index (χ3n) is 19.3. The van der Waals surface area contributed by atoms with E-state index in [4.69, 9.17) is 50.5 Å². The molecule has 0 atom stereocenters. The van der Waals surface area contributed by atoms with Gasteiger partial charge in [0.15, 0.2) is 0 Å². The second-order valence-electron chi connectivity index (χ2n) is 28.6. The molecule has 0 aromatic heterocycles. The fourth-order valence-corrected chi connectivity index (χ4v) is 13.7. The Hall–Kier alpha value is -0.746. The number of hydrogen-bond donors (Lipinski definition) is 0. The summed E-state index contributed by atoms with van der Waals surface area (Å²) in [5.74, 6) is 0. The van der Waals surface area contributed by atoms with E-state index in [1.54, 1.807) is 0 Å². The van der Waals surface area contributed by atoms with Gasteiger partial charge in [-0.3, -0.25) is 0 Å². The van der Waals surface area contributed by atoms with E-state index >= 15 is 0 Å². The number of unbranched alkanes of at least 4 members (excludes halogenated alkanes) is 16. The quantitative estimate of drug-likeness (QED) is 0.0367. The van der Waals surface area contributed by atoms with Gasteiger partial charge in [0, 0.05) is 56.1 Å². The van der Waals surface area contributed by atoms with Crippen molar-refractivity contribution in [3.8, 4) is 0 Å². The van der Waals surface area contributed by atoms with Gasteiger partial charge in [-0.2, -0.15) is 19.6 Å². The summed E-state index contributed by atoms with van der Waals surface area (Å²) in [6.07, 6.45) is 44.2. The van der Waals surface area contributed by atoms with Crippen LogP contribution in [0.15, 0.2) is 43.8 Å². The Morgan fingerprint density at radius 2 is 0.333 bits per heavy atom. The summed E-state index contributed by atoms with van der Waals surface area (Å²) in [6.45, 7) is 64.2. The van der Waals surface area contributed by atoms with Crippen LogP contribution in [0, 0.1) is 13.8 Å². The molecule has 0 aliphatic carbocycles. The van der Waals surface area contributed by atoms with Gasteiger partial charge in [0.1, 0.15) is 0 Å². The number of rotatable bonds is 50. The van der Waals surface area contributed by atoms with Gasteiger partial charge in [-0.05, 0) is 128 Å². The second kappa shape index (κ2) is 67.1. The predicted molar refractivity (Wildman–Crippen MR) is 431 cm³/mol. The molecule has 0 saturated carbocycles. The first-order chi connectivity index (χ1) is 44.0. The zero-order valence-electron chi connectivity index (χ0n) is 66.9. The summed E-state index contributed by atoms with van der Waals surface area (Å²) in [4.78, 5) is 7.15. The van der Waals surface area contributed by atoms with E-state index in [0.29, 0.717) is 0 Å². The van der Waals surface area contributed by atoms with Crippen LogP contribution in [0.25, 0.3) is 0 Å². The van der Waals surface area contributed by atoms with E-state index in [0.717, 1.165) is 31.0 Å². The molecule has 0 amide bonds. The molecule has 0 saturated heterocycles. The van der Waals surface area contributed by atoms with Crippen molar-refractivity contribution in [3.05, 3.63) is 35.4 Å². The topological polar surface area (TPSA) is 6.48 Å². The van der Waals surface area contributed by atoms with E-state index in [1.165, 1.54) is 339 Å². The molecule has 2 aromatic rings. The van der Waals surface area contributed by atoms with Crippen LogP contribution in [0.3, 0.4) is 0 Å². The monoisotopic (exact) mass is 1420 g/mol. The molecule has 0 heterocycles. The molecule has 0 radical (unpaired) electrons. The minimum atomic E-state index is 0. The largest absolute Gasteiger partial charge is 0.781 e. The van der Waals surface area contributed by atoms with Crippen molar-refractivity contribution in [2.45, 2.75) is 350 Å². The maximum Gasteiger partial charge on any atom is 0.0786 e. The van der Waals surface area contributed by atoms with Crippen molar-refractivity contribution in [2.24, 2.45) is 0 Å². The van der Waals surface area contributed by atoms with E-state index in [-0.39, 0.29) is 16.5 Å². The molecule has 0 unspecified atom stereocenters. The fourth-order valence-electron chi connectivity index (χ4n) is 12.8. The molecule has 6 nitrogen and oxygen atoms in total. The minimum absolute atomic E-state index is 0. The van der Waals surface area contributed by atoms with Crippen LogP contribution in [0.1, 0.15) is 327 Å². The van der Waals surface area contributed by atoms with Gasteiger partial charge in [-0.25, -0.2) is 0 Å². The van der Waals surface area contributed by atoms with Gasteiger partial charge in [0.05, 0.1) is 105 Å². The Bertz CT molecular complexity index is 1540. The number of nitrogens with zero attached hydrogens (tertiary/aromatic N) is 6. The molecule has 0 N–H and O–H groups in total. The molecule has 0 spiro atoms. The summed E-state index contributed by atoms with van der Waals surface area (Å²) >= 11 is 20.3. The Labute approximate surface area is 619 Å². The maximum atomic E-state index is 5.09. The molecule has 2 rings (SSSR count). The van der Waals surface area contributed by atoms with Crippen LogP contribution in [0.4, 0.5) is 11.4 Å². The van der Waals surface area contributed by atoms with Crippen molar-refractivity contribution < 1.29 is 34.4 Å². The summed E-state index contributed by atoms with van der Waals surface area (Å²) < 4.78 is 5.68. The van der Waals surface area contributed by atoms with Crippen LogP contribution in [-0.4, -0.2) is 151 Å². The molecular weight excluding hydrogens is 1260 g/mol. The molecule has 0 aliphatic rings. The molecule has 0 bridgehead atoms. The number of hydrogen-bond acceptors (Lipinski definition) is 6. The van der Waals surface area contributed by atoms with Gasteiger partial charge in [0.25, 0.3) is 0 Å². The molecule has 2 aromatic carbocycles. The third kappa shape index (κ3) is 51.1. The second-order valence-corrected chi connectivity index (χ2v) is 30.3. The van der Waals surface area contributed by atoms with Crippen molar-refractivity contribution in [3.63, 3.8) is 0 Å². The smallest absolute Gasteiger partial charge is 0.0786 e. The Balaban J connectivity index is -0.000000334. The molecule has 93 heavy (non-hydrogen) atoms. The Kier molecular flexibility index (Phi) is 72.8. The minimum Gasteiger partial charge on any atom is -0.781 e. The van der Waals surface area contributed by atoms with Crippen molar-refractivity contribution >= 4 is 61.9 Å². The first kappa shape index (κ1) is 101. The maximum absolute atomic E-state index is 5.09. The summed E-state index contributed by atoms with van der Waals surface area (Å²) in [5.41, 5.74) is 4.65. The molecule has 0 aliphatic heterocycles. The average Bonchev–Trinajstić information content (AvgIpc) is 2.41. The standard InChI is InChI=1S/4C16H36N.2C9H13NS2.Ni/c4*1-5-9-13-17(14-10-6-2,15-11-7-3)16-12-8-4;2*1-6-4-8(11)9(12)5-7(6)10(2)3;/h4*5-16H2,1-4H3;2*4-5,11-12H,1-3H3;/q4*+1;;;/p-4. The zero-order valence-corrected chi connectivity index (χ0v) is 71.1. The van der Waals surface area contributed by atoms with Gasteiger partial charge in [-0.15, -0.1) is 0 Å². The van der Waals surface area contributed by atoms with E-state index in [1.807, 2.05) is 76.1 Å². The van der Waals surface area contributed by atoms with Crippen LogP contribution in [-0.2, 0) is 67.0 Å². The first-order valence-corrected chi connectivity index (χ1v) is 41.4. The van der Waals surface area contributed by atoms with Gasteiger partial charge >= 0.3 is 0 Å². The van der Waals surface area contributed by atoms with E-state index < -0.39 is 0 Å². The van der Waals surface area contributed by atoms with Crippen molar-refractivity contribution in [1.29, 1.82) is 0 Å². The van der Waals surface area contributed by atoms with E-state index in [2.05, 4.69) is 111 Å². The number of quaternary nitrogens is 4. The van der Waals surface area contributed by atoms with Crippen molar-refractivity contribution in [2.75, 3.05) is 143 Å². The predicted octanol–water partition coefficient (Wildman–Crippen LogP) is 23.8. The van der Waals surface area contributed by atoms with Gasteiger partial charge in [0.2, 0.25) is 0 Å². The van der Waals surface area contributed by atoms with Crippen molar-refractivity contribution in [1.82, 2.24) is 0 Å². The SMILES string of the molecule is CCCC[N+](CCCC)(CCCC)CCCC.CCCC[N+](CCCC)(CCCC)CCCC.CCCC[N+](CCCC)(CCCC)CCCC.CCCC[N+](CCCC)(CCCC)CCCC.Cc1cc([S-])c([S-])cc1N(C)C.Cc1cc([S-])c([S-])cc1N(C)C.[Ni]. The molecular formula is C82H166N6NiS4. The van der Waals surface area contributed by atoms with Gasteiger partial charge in [-0.1, -0.05) is 238 Å². The Morgan fingerprint density at radius 3 is 0.430 bits per heavy atom. The summed E-state index contributed by atoms with van der Waals surface area (Å²) in [5, 5.41) is 0. The molecule has 11 heteroatoms. The van der Waals surface area contributed by atoms with Crippen LogP contribution >= 0.6 is 0 Å². The average molecular weight is 1420 g/mol. The number of benzene rings is 2. The number of anilines is 2. The summed E-state index contributed by atoms with van der Waals surface area (Å²) in [7, 11) is 8.00. The first-order valence-electron chi connectivity index (χ1n) is 39.7. The normalized spacial score (nSPS) is 11.3. The number of aryl methyl sites for hydroxylation is 2. The zero-order chi connectivity index (χ0) is 70.5. The fraction of sp³-hybridized carbons (Fsp3) is 0.854. The van der Waals surface area contributed by atoms with E-state index in [9.17, 15) is 0 Å². The third-order valence-corrected chi connectivity index (χ3v) is 20.9. The van der Waals surface area contributed by atoms with Crippen LogP contribution in [0.5, 0.6) is 0 Å². The van der Waals surface area contributed by atoms with Gasteiger partial charge < -0.3 is 78.2 Å². The van der Waals surface area contributed by atoms with Crippen LogP contribution < -0.4 is 9.80 Å². The molecule has 0 fully saturated rings. The Morgan fingerprint density at radius 1 is 0.226 bits per heavy atom. The van der Waals surface area contributed by atoms with Crippen LogP contribution in [0.2, 0.25) is 0 Å².